The van der Waals surface area contributed by atoms with Gasteiger partial charge in [-0.2, -0.15) is 0 Å². The molecule has 1 heterocycles. The van der Waals surface area contributed by atoms with E-state index in [1.54, 1.807) is 11.7 Å². The van der Waals surface area contributed by atoms with Gasteiger partial charge in [0.25, 0.3) is 0 Å². The Morgan fingerprint density at radius 3 is 2.62 bits per heavy atom. The first-order valence-corrected chi connectivity index (χ1v) is 11.1. The van der Waals surface area contributed by atoms with Crippen molar-refractivity contribution in [2.75, 3.05) is 12.4 Å². The molecule has 1 aromatic heterocycles. The number of azo groups is 1. The average molecular weight is 530 g/mol. The van der Waals surface area contributed by atoms with E-state index < -0.39 is 0 Å². The number of aromatic hydroxyl groups is 1. The summed E-state index contributed by atoms with van der Waals surface area (Å²) in [5.74, 6) is 0.721. The molecular weight excluding hydrogens is 512 g/mol. The van der Waals surface area contributed by atoms with E-state index in [9.17, 15) is 5.11 Å². The number of ether oxygens (including phenoxy) is 1. The zero-order valence-corrected chi connectivity index (χ0v) is 20.1. The fourth-order valence-electron chi connectivity index (χ4n) is 3.27. The number of nitrogens with zero attached hydrogens (tertiary/aromatic N) is 3. The second kappa shape index (κ2) is 9.68. The van der Waals surface area contributed by atoms with Crippen molar-refractivity contribution in [3.8, 4) is 11.6 Å². The zero-order chi connectivity index (χ0) is 22.7. The van der Waals surface area contributed by atoms with Crippen molar-refractivity contribution in [2.45, 2.75) is 6.54 Å². The van der Waals surface area contributed by atoms with Gasteiger partial charge in [0.1, 0.15) is 5.75 Å². The Balaban J connectivity index is 1.65. The number of anilines is 1. The van der Waals surface area contributed by atoms with Crippen LogP contribution >= 0.6 is 39.7 Å². The molecule has 2 N–H and O–H groups in total. The third-order valence-electron chi connectivity index (χ3n) is 4.84. The van der Waals surface area contributed by atoms with Gasteiger partial charge >= 0.3 is 0 Å². The van der Waals surface area contributed by atoms with Gasteiger partial charge in [-0.15, -0.1) is 10.2 Å². The van der Waals surface area contributed by atoms with Crippen LogP contribution in [0.25, 0.3) is 10.9 Å². The normalized spacial score (nSPS) is 11.2. The van der Waals surface area contributed by atoms with Crippen LogP contribution in [0.5, 0.6) is 11.6 Å². The predicted molar refractivity (Wildman–Crippen MR) is 136 cm³/mol. The Labute approximate surface area is 203 Å². The fourth-order valence-corrected chi connectivity index (χ4v) is 3.98. The maximum Gasteiger partial charge on any atom is 0.221 e. The summed E-state index contributed by atoms with van der Waals surface area (Å²) in [6, 6.07) is 20.5. The van der Waals surface area contributed by atoms with Crippen LogP contribution in [0.15, 0.2) is 81.4 Å². The lowest BCUT2D eigenvalue weighted by molar-refractivity contribution is 0.415. The number of methoxy groups -OCH3 is 1. The van der Waals surface area contributed by atoms with Crippen LogP contribution in [0.1, 0.15) is 5.56 Å². The zero-order valence-electron chi connectivity index (χ0n) is 16.9. The second-order valence-corrected chi connectivity index (χ2v) is 8.58. The molecule has 0 aliphatic rings. The van der Waals surface area contributed by atoms with Gasteiger partial charge < -0.3 is 19.7 Å². The molecule has 0 saturated carbocycles. The van der Waals surface area contributed by atoms with Crippen molar-refractivity contribution in [2.24, 2.45) is 10.2 Å². The molecule has 0 saturated heterocycles. The topological polar surface area (TPSA) is 71.1 Å². The number of thiocarbonyl (C=S) groups is 1. The third kappa shape index (κ3) is 4.77. The molecule has 0 spiro atoms. The molecule has 9 heteroatoms. The van der Waals surface area contributed by atoms with Gasteiger partial charge in [-0.05, 0) is 66.3 Å². The molecule has 0 aliphatic heterocycles. The number of hydrogen-bond donors (Lipinski definition) is 2. The predicted octanol–water partition coefficient (Wildman–Crippen LogP) is 7.30. The minimum absolute atomic E-state index is 0.0194. The number of hydrogen-bond acceptors (Lipinski definition) is 4. The lowest BCUT2D eigenvalue weighted by atomic mass is 10.2. The average Bonchev–Trinajstić information content (AvgIpc) is 3.04. The summed E-state index contributed by atoms with van der Waals surface area (Å²) in [6.45, 7) is 0.383. The Morgan fingerprint density at radius 2 is 1.91 bits per heavy atom. The van der Waals surface area contributed by atoms with Crippen LogP contribution in [0.3, 0.4) is 0 Å². The van der Waals surface area contributed by atoms with Crippen molar-refractivity contribution >= 4 is 67.1 Å². The highest BCUT2D eigenvalue weighted by molar-refractivity contribution is 9.10. The molecular formula is C23H18BrClN4O2S. The van der Waals surface area contributed by atoms with E-state index >= 15 is 0 Å². The van der Waals surface area contributed by atoms with E-state index in [1.165, 1.54) is 0 Å². The second-order valence-electron chi connectivity index (χ2n) is 6.87. The first kappa shape index (κ1) is 22.3. The van der Waals surface area contributed by atoms with Crippen LogP contribution in [-0.4, -0.2) is 21.9 Å². The number of aromatic nitrogens is 1. The maximum atomic E-state index is 11.0. The number of halogens is 2. The van der Waals surface area contributed by atoms with Gasteiger partial charge in [-0.1, -0.05) is 45.7 Å². The van der Waals surface area contributed by atoms with Crippen LogP contribution in [0.4, 0.5) is 11.4 Å². The summed E-state index contributed by atoms with van der Waals surface area (Å²) < 4.78 is 7.75. The minimum Gasteiger partial charge on any atom is -0.497 e. The van der Waals surface area contributed by atoms with Gasteiger partial charge in [0, 0.05) is 20.6 Å². The summed E-state index contributed by atoms with van der Waals surface area (Å²) in [5.41, 5.74) is 2.76. The van der Waals surface area contributed by atoms with Gasteiger partial charge in [-0.3, -0.25) is 0 Å². The first-order valence-electron chi connectivity index (χ1n) is 9.57. The Hall–Kier alpha value is -2.94. The molecule has 0 atom stereocenters. The van der Waals surface area contributed by atoms with E-state index in [4.69, 9.17) is 28.6 Å². The van der Waals surface area contributed by atoms with Crippen molar-refractivity contribution in [3.63, 3.8) is 0 Å². The lowest BCUT2D eigenvalue weighted by Gasteiger charge is -2.08. The number of rotatable bonds is 5. The molecule has 162 valence electrons. The molecule has 0 aliphatic carbocycles. The van der Waals surface area contributed by atoms with Crippen LogP contribution < -0.4 is 10.1 Å². The molecule has 0 fully saturated rings. The standard InChI is InChI=1S/C23H18BrClN4O2S/c1-31-17-9-7-16(8-10-17)26-23(32)28-27-21-18-12-15(24)6-11-20(18)29(22(21)30)13-14-4-2-3-5-19(14)25/h2-12,30H,13H2,1H3,(H,26,32). The van der Waals surface area contributed by atoms with E-state index in [-0.39, 0.29) is 11.0 Å². The Kier molecular flexibility index (Phi) is 6.74. The smallest absolute Gasteiger partial charge is 0.221 e. The molecule has 0 unspecified atom stereocenters. The third-order valence-corrected chi connectivity index (χ3v) is 5.89. The number of benzene rings is 3. The highest BCUT2D eigenvalue weighted by atomic mass is 79.9. The summed E-state index contributed by atoms with van der Waals surface area (Å²) in [5, 5.41) is 23.9. The molecule has 0 amide bonds. The van der Waals surface area contributed by atoms with Crippen molar-refractivity contribution in [1.82, 2.24) is 4.57 Å². The van der Waals surface area contributed by atoms with Crippen LogP contribution in [0.2, 0.25) is 5.02 Å². The summed E-state index contributed by atoms with van der Waals surface area (Å²) in [6.07, 6.45) is 0. The maximum absolute atomic E-state index is 11.0. The van der Waals surface area contributed by atoms with E-state index in [2.05, 4.69) is 31.5 Å². The van der Waals surface area contributed by atoms with Gasteiger partial charge in [0.15, 0.2) is 5.69 Å². The fraction of sp³-hybridized carbons (Fsp3) is 0.0870. The Bertz CT molecular complexity index is 1320. The highest BCUT2D eigenvalue weighted by Gasteiger charge is 2.18. The lowest BCUT2D eigenvalue weighted by Crippen LogP contribution is -2.04. The van der Waals surface area contributed by atoms with Gasteiger partial charge in [-0.25, -0.2) is 0 Å². The molecule has 3 aromatic carbocycles. The van der Waals surface area contributed by atoms with E-state index in [0.29, 0.717) is 17.3 Å². The van der Waals surface area contributed by atoms with E-state index in [0.717, 1.165) is 32.4 Å². The largest absolute Gasteiger partial charge is 0.497 e. The molecule has 6 nitrogen and oxygen atoms in total. The Morgan fingerprint density at radius 1 is 1.16 bits per heavy atom. The summed E-state index contributed by atoms with van der Waals surface area (Å²) in [7, 11) is 1.61. The van der Waals surface area contributed by atoms with E-state index in [1.807, 2.05) is 66.7 Å². The summed E-state index contributed by atoms with van der Waals surface area (Å²) in [4.78, 5) is 0. The number of fused-ring (bicyclic) bond motifs is 1. The molecule has 4 rings (SSSR count). The van der Waals surface area contributed by atoms with Gasteiger partial charge in [0.2, 0.25) is 11.0 Å². The quantitative estimate of drug-likeness (QED) is 0.210. The first-order chi connectivity index (χ1) is 15.5. The molecule has 4 aromatic rings. The van der Waals surface area contributed by atoms with Gasteiger partial charge in [0.05, 0.1) is 19.2 Å². The SMILES string of the molecule is COc1ccc(NC(=S)N=Nc2c(O)n(Cc3ccccc3Cl)c3ccc(Br)cc23)cc1. The monoisotopic (exact) mass is 528 g/mol. The van der Waals surface area contributed by atoms with Crippen LogP contribution in [-0.2, 0) is 6.54 Å². The van der Waals surface area contributed by atoms with Crippen molar-refractivity contribution in [3.05, 3.63) is 81.8 Å². The minimum atomic E-state index is -0.0194. The van der Waals surface area contributed by atoms with Crippen molar-refractivity contribution < 1.29 is 9.84 Å². The molecule has 0 radical (unpaired) electrons. The molecule has 32 heavy (non-hydrogen) atoms. The highest BCUT2D eigenvalue weighted by Crippen LogP contribution is 2.41. The number of nitrogens with one attached hydrogen (secondary N) is 1. The molecule has 0 bridgehead atoms. The van der Waals surface area contributed by atoms with Crippen molar-refractivity contribution in [1.29, 1.82) is 0 Å². The summed E-state index contributed by atoms with van der Waals surface area (Å²) >= 11 is 15.1. The van der Waals surface area contributed by atoms with Crippen LogP contribution in [0, 0.1) is 0 Å².